The Kier molecular flexibility index (Phi) is 6.05. The van der Waals surface area contributed by atoms with Crippen molar-refractivity contribution in [2.45, 2.75) is 25.3 Å². The molecular formula is C20H27N7OS. The summed E-state index contributed by atoms with van der Waals surface area (Å²) in [5.74, 6) is 0.422. The summed E-state index contributed by atoms with van der Waals surface area (Å²) >= 11 is 1.81. The average molecular weight is 414 g/mol. The van der Waals surface area contributed by atoms with Crippen molar-refractivity contribution in [3.05, 3.63) is 36.0 Å². The van der Waals surface area contributed by atoms with Gasteiger partial charge >= 0.3 is 0 Å². The highest BCUT2D eigenvalue weighted by atomic mass is 32.2. The van der Waals surface area contributed by atoms with E-state index in [1.54, 1.807) is 0 Å². The third-order valence-corrected chi connectivity index (χ3v) is 6.37. The lowest BCUT2D eigenvalue weighted by Gasteiger charge is -2.34. The molecule has 1 saturated heterocycles. The molecule has 4 rings (SSSR count). The van der Waals surface area contributed by atoms with Crippen LogP contribution in [0, 0.1) is 0 Å². The van der Waals surface area contributed by atoms with Gasteiger partial charge in [0.05, 0.1) is 5.56 Å². The zero-order valence-electron chi connectivity index (χ0n) is 16.6. The minimum Gasteiger partial charge on any atom is -0.369 e. The van der Waals surface area contributed by atoms with Crippen molar-refractivity contribution in [3.8, 4) is 0 Å². The second-order valence-corrected chi connectivity index (χ2v) is 8.24. The monoisotopic (exact) mass is 413 g/mol. The highest BCUT2D eigenvalue weighted by Crippen LogP contribution is 2.26. The minimum absolute atomic E-state index is 0.321. The van der Waals surface area contributed by atoms with Gasteiger partial charge in [-0.2, -0.15) is 4.98 Å². The molecule has 0 radical (unpaired) electrons. The molecule has 1 aliphatic heterocycles. The number of anilines is 4. The van der Waals surface area contributed by atoms with Crippen LogP contribution in [0.4, 0.5) is 23.1 Å². The average Bonchev–Trinajstić information content (AvgIpc) is 2.71. The summed E-state index contributed by atoms with van der Waals surface area (Å²) in [6.45, 7) is 4.19. The number of carbonyl (C=O) groups excluding carboxylic acids is 1. The predicted octanol–water partition coefficient (Wildman–Crippen LogP) is 2.68. The quantitative estimate of drug-likeness (QED) is 0.596. The number of primary amides is 1. The van der Waals surface area contributed by atoms with E-state index in [0.29, 0.717) is 23.4 Å². The molecular weight excluding hydrogens is 386 g/mol. The van der Waals surface area contributed by atoms with Crippen LogP contribution in [0.15, 0.2) is 30.5 Å². The maximum Gasteiger partial charge on any atom is 0.254 e. The molecule has 1 amide bonds. The second kappa shape index (κ2) is 8.87. The van der Waals surface area contributed by atoms with Gasteiger partial charge in [0, 0.05) is 49.8 Å². The Balaban J connectivity index is 1.43. The van der Waals surface area contributed by atoms with Crippen LogP contribution in [0.5, 0.6) is 0 Å². The first kappa shape index (κ1) is 19.8. The number of nitrogens with one attached hydrogen (secondary N) is 2. The van der Waals surface area contributed by atoms with Gasteiger partial charge < -0.3 is 21.3 Å². The maximum atomic E-state index is 11.7. The molecule has 8 nitrogen and oxygen atoms in total. The van der Waals surface area contributed by atoms with E-state index in [-0.39, 0.29) is 0 Å². The Morgan fingerprint density at radius 1 is 1.17 bits per heavy atom. The highest BCUT2D eigenvalue weighted by Gasteiger charge is 2.21. The van der Waals surface area contributed by atoms with E-state index in [1.807, 2.05) is 24.1 Å². The summed E-state index contributed by atoms with van der Waals surface area (Å²) in [5, 5.41) is 6.53. The fraction of sp³-hybridized carbons (Fsp3) is 0.450. The van der Waals surface area contributed by atoms with Crippen LogP contribution in [-0.2, 0) is 0 Å². The molecule has 2 fully saturated rings. The fourth-order valence-corrected chi connectivity index (χ4v) is 4.02. The lowest BCUT2D eigenvalue weighted by atomic mass is 9.93. The van der Waals surface area contributed by atoms with Crippen molar-refractivity contribution < 1.29 is 4.79 Å². The van der Waals surface area contributed by atoms with Crippen molar-refractivity contribution in [3.63, 3.8) is 0 Å². The van der Waals surface area contributed by atoms with E-state index in [0.717, 1.165) is 44.7 Å². The van der Waals surface area contributed by atoms with E-state index in [4.69, 9.17) is 5.73 Å². The number of nitrogens with two attached hydrogens (primary N) is 1. The maximum absolute atomic E-state index is 11.7. The lowest BCUT2D eigenvalue weighted by molar-refractivity contribution is 0.100. The molecule has 154 valence electrons. The number of amides is 1. The molecule has 1 aliphatic carbocycles. The second-order valence-electron chi connectivity index (χ2n) is 7.36. The van der Waals surface area contributed by atoms with Crippen molar-refractivity contribution in [1.82, 2.24) is 14.3 Å². The van der Waals surface area contributed by atoms with Crippen molar-refractivity contribution in [1.29, 1.82) is 0 Å². The van der Waals surface area contributed by atoms with E-state index >= 15 is 0 Å². The summed E-state index contributed by atoms with van der Waals surface area (Å²) < 4.78 is 2.38. The van der Waals surface area contributed by atoms with Gasteiger partial charge in [-0.15, -0.1) is 0 Å². The van der Waals surface area contributed by atoms with Crippen LogP contribution in [0.25, 0.3) is 0 Å². The molecule has 2 heterocycles. The normalized spacial score (nSPS) is 17.6. The van der Waals surface area contributed by atoms with E-state index < -0.39 is 5.91 Å². The first-order valence-corrected chi connectivity index (χ1v) is 11.1. The van der Waals surface area contributed by atoms with Crippen molar-refractivity contribution in [2.75, 3.05) is 48.0 Å². The highest BCUT2D eigenvalue weighted by molar-refractivity contribution is 7.96. The standard InChI is InChI=1S/C20H27N7OS/c1-29-27-11-9-26(10-12-27)16-7-5-15(6-8-16)24-20-22-13-17(18(21)28)19(25-20)23-14-3-2-4-14/h5-8,13-14H,2-4,9-12H2,1H3,(H2,21,28)(H2,22,23,24,25). The van der Waals surface area contributed by atoms with Crippen LogP contribution in [0.2, 0.25) is 0 Å². The lowest BCUT2D eigenvalue weighted by Crippen LogP contribution is -2.43. The Morgan fingerprint density at radius 3 is 2.48 bits per heavy atom. The van der Waals surface area contributed by atoms with Gasteiger partial charge in [-0.05, 0) is 49.8 Å². The van der Waals surface area contributed by atoms with Gasteiger partial charge in [0.25, 0.3) is 5.91 Å². The number of hydrogen-bond acceptors (Lipinski definition) is 8. The van der Waals surface area contributed by atoms with Crippen LogP contribution in [0.3, 0.4) is 0 Å². The third-order valence-electron chi connectivity index (χ3n) is 5.49. The van der Waals surface area contributed by atoms with Crippen molar-refractivity contribution >= 4 is 41.0 Å². The first-order chi connectivity index (χ1) is 14.1. The van der Waals surface area contributed by atoms with Crippen molar-refractivity contribution in [2.24, 2.45) is 5.73 Å². The molecule has 0 spiro atoms. The molecule has 1 aromatic heterocycles. The molecule has 9 heteroatoms. The number of hydrogen-bond donors (Lipinski definition) is 3. The van der Waals surface area contributed by atoms with Crippen LogP contribution in [-0.4, -0.2) is 58.7 Å². The first-order valence-electron chi connectivity index (χ1n) is 9.97. The molecule has 0 unspecified atom stereocenters. The summed E-state index contributed by atoms with van der Waals surface area (Å²) in [6, 6.07) is 8.63. The predicted molar refractivity (Wildman–Crippen MR) is 119 cm³/mol. The third kappa shape index (κ3) is 4.73. The van der Waals surface area contributed by atoms with Gasteiger partial charge in [-0.1, -0.05) is 11.9 Å². The summed E-state index contributed by atoms with van der Waals surface area (Å²) in [4.78, 5) is 22.8. The number of nitrogens with zero attached hydrogens (tertiary/aromatic N) is 4. The van der Waals surface area contributed by atoms with Gasteiger partial charge in [-0.25, -0.2) is 9.29 Å². The molecule has 1 aromatic carbocycles. The molecule has 2 aromatic rings. The molecule has 1 saturated carbocycles. The van der Waals surface area contributed by atoms with Crippen LogP contribution < -0.4 is 21.3 Å². The topological polar surface area (TPSA) is 99.4 Å². The summed E-state index contributed by atoms with van der Waals surface area (Å²) in [7, 11) is 0. The largest absolute Gasteiger partial charge is 0.369 e. The number of benzene rings is 1. The Labute approximate surface area is 175 Å². The molecule has 0 bridgehead atoms. The van der Waals surface area contributed by atoms with Gasteiger partial charge in [-0.3, -0.25) is 4.79 Å². The zero-order valence-corrected chi connectivity index (χ0v) is 17.4. The smallest absolute Gasteiger partial charge is 0.254 e. The Morgan fingerprint density at radius 2 is 1.90 bits per heavy atom. The summed E-state index contributed by atoms with van der Waals surface area (Å²) in [6.07, 6.45) is 6.97. The van der Waals surface area contributed by atoms with Gasteiger partial charge in [0.15, 0.2) is 0 Å². The number of rotatable bonds is 7. The number of aromatic nitrogens is 2. The fourth-order valence-electron chi connectivity index (χ4n) is 3.49. The number of carbonyl (C=O) groups is 1. The zero-order chi connectivity index (χ0) is 20.2. The minimum atomic E-state index is -0.524. The van der Waals surface area contributed by atoms with E-state index in [9.17, 15) is 4.79 Å². The van der Waals surface area contributed by atoms with Crippen LogP contribution in [0.1, 0.15) is 29.6 Å². The van der Waals surface area contributed by atoms with E-state index in [1.165, 1.54) is 18.3 Å². The molecule has 2 aliphatic rings. The molecule has 4 N–H and O–H groups in total. The van der Waals surface area contributed by atoms with E-state index in [2.05, 4.69) is 48.2 Å². The van der Waals surface area contributed by atoms with Gasteiger partial charge in [0.2, 0.25) is 5.95 Å². The van der Waals surface area contributed by atoms with Gasteiger partial charge in [0.1, 0.15) is 5.82 Å². The molecule has 0 atom stereocenters. The number of piperazine rings is 1. The Bertz CT molecular complexity index is 848. The summed E-state index contributed by atoms with van der Waals surface area (Å²) in [5.41, 5.74) is 7.91. The molecule has 29 heavy (non-hydrogen) atoms. The van der Waals surface area contributed by atoms with Crippen LogP contribution >= 0.6 is 11.9 Å². The SMILES string of the molecule is CSN1CCN(c2ccc(Nc3ncc(C(N)=O)c(NC4CCC4)n3)cc2)CC1. The Hall–Kier alpha value is -2.52.